The predicted molar refractivity (Wildman–Crippen MR) is 64.0 cm³/mol. The summed E-state index contributed by atoms with van der Waals surface area (Å²) in [7, 11) is 0. The molecule has 2 atom stereocenters. The fourth-order valence-corrected chi connectivity index (χ4v) is 2.37. The first-order valence-corrected chi connectivity index (χ1v) is 6.55. The van der Waals surface area contributed by atoms with Gasteiger partial charge in [-0.05, 0) is 25.2 Å². The van der Waals surface area contributed by atoms with Gasteiger partial charge in [0.15, 0.2) is 0 Å². The molecule has 1 aliphatic heterocycles. The minimum absolute atomic E-state index is 0.115. The van der Waals surface area contributed by atoms with Crippen molar-refractivity contribution in [2.75, 3.05) is 13.1 Å². The highest BCUT2D eigenvalue weighted by Crippen LogP contribution is 2.37. The Labute approximate surface area is 105 Å². The number of aliphatic hydroxyl groups excluding tert-OH is 1. The summed E-state index contributed by atoms with van der Waals surface area (Å²) in [6.45, 7) is 3.11. The number of hydrogen-bond donors (Lipinski definition) is 2. The van der Waals surface area contributed by atoms with E-state index in [1.165, 1.54) is 0 Å². The molecular formula is C12H18N4O2. The van der Waals surface area contributed by atoms with E-state index in [2.05, 4.69) is 15.2 Å². The number of hydrogen-bond acceptors (Lipinski definition) is 4. The third-order valence-electron chi connectivity index (χ3n) is 3.81. The summed E-state index contributed by atoms with van der Waals surface area (Å²) in [4.78, 5) is 18.2. The molecule has 2 heterocycles. The molecule has 1 amide bonds. The first kappa shape index (κ1) is 11.6. The molecule has 1 saturated heterocycles. The van der Waals surface area contributed by atoms with Crippen molar-refractivity contribution >= 4 is 5.91 Å². The number of aromatic amines is 1. The minimum Gasteiger partial charge on any atom is -0.393 e. The quantitative estimate of drug-likeness (QED) is 0.802. The summed E-state index contributed by atoms with van der Waals surface area (Å²) >= 11 is 0. The fourth-order valence-electron chi connectivity index (χ4n) is 2.37. The smallest absolute Gasteiger partial charge is 0.293 e. The number of likely N-dealkylation sites (tertiary alicyclic amines) is 1. The molecule has 0 bridgehead atoms. The van der Waals surface area contributed by atoms with Crippen LogP contribution in [-0.4, -0.2) is 50.3 Å². The van der Waals surface area contributed by atoms with Crippen molar-refractivity contribution in [1.29, 1.82) is 0 Å². The number of H-pyrrole nitrogens is 1. The van der Waals surface area contributed by atoms with Crippen molar-refractivity contribution in [2.45, 2.75) is 38.2 Å². The highest BCUT2D eigenvalue weighted by atomic mass is 16.3. The lowest BCUT2D eigenvalue weighted by molar-refractivity contribution is 0.0290. The molecule has 2 fully saturated rings. The third kappa shape index (κ3) is 2.12. The zero-order chi connectivity index (χ0) is 12.7. The molecule has 0 radical (unpaired) electrons. The summed E-state index contributed by atoms with van der Waals surface area (Å²) < 4.78 is 0. The van der Waals surface area contributed by atoms with E-state index in [1.54, 1.807) is 4.90 Å². The summed E-state index contributed by atoms with van der Waals surface area (Å²) in [6, 6.07) is 0. The number of aromatic nitrogens is 3. The number of amides is 1. The third-order valence-corrected chi connectivity index (χ3v) is 3.81. The molecule has 1 saturated carbocycles. The lowest BCUT2D eigenvalue weighted by atomic mass is 9.97. The van der Waals surface area contributed by atoms with Gasteiger partial charge < -0.3 is 10.0 Å². The second-order valence-electron chi connectivity index (χ2n) is 5.40. The highest BCUT2D eigenvalue weighted by molar-refractivity contribution is 5.90. The Morgan fingerprint density at radius 3 is 2.89 bits per heavy atom. The van der Waals surface area contributed by atoms with Gasteiger partial charge in [0, 0.05) is 19.0 Å². The van der Waals surface area contributed by atoms with E-state index in [-0.39, 0.29) is 23.8 Å². The van der Waals surface area contributed by atoms with Crippen molar-refractivity contribution in [1.82, 2.24) is 20.1 Å². The molecule has 2 unspecified atom stereocenters. The summed E-state index contributed by atoms with van der Waals surface area (Å²) in [6.07, 6.45) is 2.60. The van der Waals surface area contributed by atoms with Crippen molar-refractivity contribution < 1.29 is 9.90 Å². The van der Waals surface area contributed by atoms with Crippen LogP contribution in [0, 0.1) is 5.92 Å². The number of piperidine rings is 1. The first-order valence-electron chi connectivity index (χ1n) is 6.55. The Bertz CT molecular complexity index is 455. The molecule has 2 aliphatic rings. The maximum atomic E-state index is 12.2. The molecule has 18 heavy (non-hydrogen) atoms. The fraction of sp³-hybridized carbons (Fsp3) is 0.750. The van der Waals surface area contributed by atoms with E-state index in [9.17, 15) is 9.90 Å². The van der Waals surface area contributed by atoms with Crippen molar-refractivity contribution in [3.8, 4) is 0 Å². The molecule has 1 aromatic rings. The van der Waals surface area contributed by atoms with Crippen LogP contribution in [0.1, 0.15) is 48.5 Å². The van der Waals surface area contributed by atoms with E-state index in [4.69, 9.17) is 0 Å². The zero-order valence-corrected chi connectivity index (χ0v) is 10.5. The lowest BCUT2D eigenvalue weighted by Gasteiger charge is -2.33. The van der Waals surface area contributed by atoms with Crippen molar-refractivity contribution in [3.05, 3.63) is 11.6 Å². The maximum absolute atomic E-state index is 12.2. The first-order chi connectivity index (χ1) is 8.65. The second kappa shape index (κ2) is 4.35. The minimum atomic E-state index is -0.303. The highest BCUT2D eigenvalue weighted by Gasteiger charge is 2.32. The van der Waals surface area contributed by atoms with E-state index >= 15 is 0 Å². The average Bonchev–Trinajstić information content (AvgIpc) is 3.10. The molecule has 1 aromatic heterocycles. The maximum Gasteiger partial charge on any atom is 0.293 e. The normalized spacial score (nSPS) is 28.4. The molecule has 98 valence electrons. The largest absolute Gasteiger partial charge is 0.393 e. The number of nitrogens with zero attached hydrogens (tertiary/aromatic N) is 3. The van der Waals surface area contributed by atoms with Gasteiger partial charge >= 0.3 is 0 Å². The summed E-state index contributed by atoms with van der Waals surface area (Å²) in [5, 5.41) is 16.5. The van der Waals surface area contributed by atoms with Gasteiger partial charge in [0.2, 0.25) is 5.82 Å². The van der Waals surface area contributed by atoms with Crippen LogP contribution >= 0.6 is 0 Å². The van der Waals surface area contributed by atoms with Gasteiger partial charge in [-0.3, -0.25) is 9.89 Å². The molecule has 0 spiro atoms. The molecule has 6 heteroatoms. The van der Waals surface area contributed by atoms with Crippen LogP contribution < -0.4 is 0 Å². The topological polar surface area (TPSA) is 82.1 Å². The summed E-state index contributed by atoms with van der Waals surface area (Å²) in [5.41, 5.74) is 0. The molecule has 2 N–H and O–H groups in total. The number of nitrogens with one attached hydrogen (secondary N) is 1. The standard InChI is InChI=1S/C12H18N4O2/c1-7-6-16(5-4-9(7)17)12(18)11-13-10(14-15-11)8-2-3-8/h7-9,17H,2-6H2,1H3,(H,13,14,15). The number of rotatable bonds is 2. The van der Waals surface area contributed by atoms with Crippen LogP contribution in [0.25, 0.3) is 0 Å². The molecule has 1 aliphatic carbocycles. The molecule has 6 nitrogen and oxygen atoms in total. The second-order valence-corrected chi connectivity index (χ2v) is 5.40. The van der Waals surface area contributed by atoms with Gasteiger partial charge in [-0.15, -0.1) is 5.10 Å². The summed E-state index contributed by atoms with van der Waals surface area (Å²) in [5.74, 6) is 1.56. The van der Waals surface area contributed by atoms with E-state index in [0.29, 0.717) is 25.4 Å². The Morgan fingerprint density at radius 2 is 2.22 bits per heavy atom. The van der Waals surface area contributed by atoms with Crippen LogP contribution in [0.4, 0.5) is 0 Å². The van der Waals surface area contributed by atoms with E-state index in [0.717, 1.165) is 18.7 Å². The molecule has 3 rings (SSSR count). The van der Waals surface area contributed by atoms with Gasteiger partial charge in [-0.25, -0.2) is 4.98 Å². The average molecular weight is 250 g/mol. The number of carbonyl (C=O) groups is 1. The van der Waals surface area contributed by atoms with Gasteiger partial charge in [-0.2, -0.15) is 0 Å². The Kier molecular flexibility index (Phi) is 2.81. The Balaban J connectivity index is 1.69. The van der Waals surface area contributed by atoms with Gasteiger partial charge in [0.05, 0.1) is 6.10 Å². The predicted octanol–water partition coefficient (Wildman–Crippen LogP) is 0.525. The van der Waals surface area contributed by atoms with Gasteiger partial charge in [-0.1, -0.05) is 6.92 Å². The monoisotopic (exact) mass is 250 g/mol. The lowest BCUT2D eigenvalue weighted by Crippen LogP contribution is -2.45. The van der Waals surface area contributed by atoms with Crippen LogP contribution in [0.5, 0.6) is 0 Å². The molecule has 0 aromatic carbocycles. The van der Waals surface area contributed by atoms with Crippen LogP contribution in [0.3, 0.4) is 0 Å². The SMILES string of the molecule is CC1CN(C(=O)c2n[nH]c(C3CC3)n2)CCC1O. The van der Waals surface area contributed by atoms with Crippen molar-refractivity contribution in [2.24, 2.45) is 5.92 Å². The zero-order valence-electron chi connectivity index (χ0n) is 10.5. The van der Waals surface area contributed by atoms with Crippen molar-refractivity contribution in [3.63, 3.8) is 0 Å². The van der Waals surface area contributed by atoms with Crippen LogP contribution in [0.2, 0.25) is 0 Å². The van der Waals surface area contributed by atoms with Crippen LogP contribution in [0.15, 0.2) is 0 Å². The number of aliphatic hydroxyl groups is 1. The van der Waals surface area contributed by atoms with Gasteiger partial charge in [0.1, 0.15) is 5.82 Å². The molecular weight excluding hydrogens is 232 g/mol. The van der Waals surface area contributed by atoms with E-state index < -0.39 is 0 Å². The van der Waals surface area contributed by atoms with Crippen LogP contribution in [-0.2, 0) is 0 Å². The van der Waals surface area contributed by atoms with E-state index in [1.807, 2.05) is 6.92 Å². The number of carbonyl (C=O) groups excluding carboxylic acids is 1. The van der Waals surface area contributed by atoms with Gasteiger partial charge in [0.25, 0.3) is 5.91 Å². The Morgan fingerprint density at radius 1 is 1.44 bits per heavy atom. The Hall–Kier alpha value is -1.43.